The minimum Gasteiger partial charge on any atom is -0.354 e. The van der Waals surface area contributed by atoms with E-state index < -0.39 is 0 Å². The SMILES string of the molecule is Cc1nc(-c2ccccc2)nc2nc(N3CCCC3)c(Cl)nc12. The van der Waals surface area contributed by atoms with Crippen LogP contribution in [0, 0.1) is 6.92 Å². The second kappa shape index (κ2) is 5.74. The van der Waals surface area contributed by atoms with E-state index in [9.17, 15) is 0 Å². The highest BCUT2D eigenvalue weighted by atomic mass is 35.5. The third kappa shape index (κ3) is 2.61. The lowest BCUT2D eigenvalue weighted by Gasteiger charge is -2.17. The lowest BCUT2D eigenvalue weighted by Crippen LogP contribution is -2.20. The van der Waals surface area contributed by atoms with Crippen molar-refractivity contribution in [2.75, 3.05) is 18.0 Å². The van der Waals surface area contributed by atoms with Crippen LogP contribution < -0.4 is 4.90 Å². The number of fused-ring (bicyclic) bond motifs is 1. The van der Waals surface area contributed by atoms with Crippen molar-refractivity contribution in [2.24, 2.45) is 0 Å². The van der Waals surface area contributed by atoms with Crippen molar-refractivity contribution >= 4 is 28.6 Å². The zero-order valence-electron chi connectivity index (χ0n) is 12.8. The summed E-state index contributed by atoms with van der Waals surface area (Å²) < 4.78 is 0. The van der Waals surface area contributed by atoms with Crippen molar-refractivity contribution < 1.29 is 0 Å². The molecule has 0 amide bonds. The van der Waals surface area contributed by atoms with Crippen LogP contribution in [0.15, 0.2) is 30.3 Å². The number of halogens is 1. The van der Waals surface area contributed by atoms with E-state index in [1.165, 1.54) is 0 Å². The fourth-order valence-electron chi connectivity index (χ4n) is 2.90. The third-order valence-corrected chi connectivity index (χ3v) is 4.34. The molecule has 4 rings (SSSR count). The first-order valence-electron chi connectivity index (χ1n) is 7.74. The van der Waals surface area contributed by atoms with Gasteiger partial charge in [0.1, 0.15) is 5.52 Å². The second-order valence-corrected chi connectivity index (χ2v) is 6.06. The van der Waals surface area contributed by atoms with E-state index in [0.29, 0.717) is 22.1 Å². The fraction of sp³-hybridized carbons (Fsp3) is 0.294. The summed E-state index contributed by atoms with van der Waals surface area (Å²) in [4.78, 5) is 20.5. The van der Waals surface area contributed by atoms with Gasteiger partial charge in [-0.25, -0.2) is 19.9 Å². The quantitative estimate of drug-likeness (QED) is 0.720. The maximum atomic E-state index is 6.34. The van der Waals surface area contributed by atoms with Gasteiger partial charge in [0, 0.05) is 18.7 Å². The molecule has 3 aromatic rings. The average Bonchev–Trinajstić information content (AvgIpc) is 3.10. The van der Waals surface area contributed by atoms with Crippen LogP contribution in [0.2, 0.25) is 5.15 Å². The Kier molecular flexibility index (Phi) is 3.58. The number of rotatable bonds is 2. The minimum absolute atomic E-state index is 0.429. The van der Waals surface area contributed by atoms with Crippen LogP contribution >= 0.6 is 11.6 Å². The Labute approximate surface area is 139 Å². The van der Waals surface area contributed by atoms with Crippen LogP contribution in [0.25, 0.3) is 22.6 Å². The Hall–Kier alpha value is -2.27. The standard InChI is InChI=1S/C17H16ClN5/c1-11-13-16(21-15(19-11)12-7-3-2-4-8-12)22-17(14(18)20-13)23-9-5-6-10-23/h2-4,7-8H,5-6,9-10H2,1H3. The third-order valence-electron chi connectivity index (χ3n) is 4.08. The maximum absolute atomic E-state index is 6.34. The first kappa shape index (κ1) is 14.3. The van der Waals surface area contributed by atoms with Gasteiger partial charge >= 0.3 is 0 Å². The van der Waals surface area contributed by atoms with Crippen molar-refractivity contribution in [3.8, 4) is 11.4 Å². The monoisotopic (exact) mass is 325 g/mol. The van der Waals surface area contributed by atoms with Gasteiger partial charge in [0.25, 0.3) is 0 Å². The van der Waals surface area contributed by atoms with Crippen molar-refractivity contribution in [1.82, 2.24) is 19.9 Å². The van der Waals surface area contributed by atoms with Gasteiger partial charge in [-0.05, 0) is 19.8 Å². The molecule has 0 spiro atoms. The molecule has 3 heterocycles. The summed E-state index contributed by atoms with van der Waals surface area (Å²) in [6, 6.07) is 9.90. The molecule has 5 nitrogen and oxygen atoms in total. The highest BCUT2D eigenvalue weighted by Gasteiger charge is 2.20. The van der Waals surface area contributed by atoms with Gasteiger partial charge in [-0.15, -0.1) is 0 Å². The normalized spacial score (nSPS) is 14.6. The van der Waals surface area contributed by atoms with Gasteiger partial charge in [0.05, 0.1) is 5.69 Å². The highest BCUT2D eigenvalue weighted by molar-refractivity contribution is 6.32. The van der Waals surface area contributed by atoms with Crippen molar-refractivity contribution in [3.05, 3.63) is 41.2 Å². The largest absolute Gasteiger partial charge is 0.354 e. The smallest absolute Gasteiger partial charge is 0.184 e. The molecule has 1 aliphatic rings. The second-order valence-electron chi connectivity index (χ2n) is 5.70. The molecule has 0 atom stereocenters. The molecule has 0 aliphatic carbocycles. The molecular formula is C17H16ClN5. The average molecular weight is 326 g/mol. The van der Waals surface area contributed by atoms with E-state index in [-0.39, 0.29) is 0 Å². The first-order valence-corrected chi connectivity index (χ1v) is 8.12. The maximum Gasteiger partial charge on any atom is 0.184 e. The van der Waals surface area contributed by atoms with E-state index in [1.54, 1.807) is 0 Å². The summed E-state index contributed by atoms with van der Waals surface area (Å²) in [5.41, 5.74) is 3.02. The minimum atomic E-state index is 0.429. The summed E-state index contributed by atoms with van der Waals surface area (Å²) in [5.74, 6) is 1.40. The van der Waals surface area contributed by atoms with Gasteiger partial charge in [-0.3, -0.25) is 0 Å². The van der Waals surface area contributed by atoms with Crippen molar-refractivity contribution in [1.29, 1.82) is 0 Å². The molecule has 1 aromatic carbocycles. The molecule has 0 N–H and O–H groups in total. The Balaban J connectivity index is 1.88. The topological polar surface area (TPSA) is 54.8 Å². The molecular weight excluding hydrogens is 310 g/mol. The lowest BCUT2D eigenvalue weighted by molar-refractivity contribution is 0.931. The molecule has 1 fully saturated rings. The molecule has 0 saturated carbocycles. The Bertz CT molecular complexity index is 860. The van der Waals surface area contributed by atoms with E-state index in [2.05, 4.69) is 24.8 Å². The van der Waals surface area contributed by atoms with Gasteiger partial charge in [-0.1, -0.05) is 41.9 Å². The van der Waals surface area contributed by atoms with Crippen LogP contribution in [-0.4, -0.2) is 33.0 Å². The predicted octanol–water partition coefficient (Wildman–Crippen LogP) is 3.65. The number of hydrogen-bond donors (Lipinski definition) is 0. The van der Waals surface area contributed by atoms with E-state index >= 15 is 0 Å². The van der Waals surface area contributed by atoms with Gasteiger partial charge in [0.15, 0.2) is 22.4 Å². The number of aryl methyl sites for hydroxylation is 1. The molecule has 116 valence electrons. The van der Waals surface area contributed by atoms with E-state index in [1.807, 2.05) is 37.3 Å². The zero-order valence-corrected chi connectivity index (χ0v) is 13.6. The molecule has 2 aromatic heterocycles. The van der Waals surface area contributed by atoms with Gasteiger partial charge in [0.2, 0.25) is 0 Å². The summed E-state index contributed by atoms with van der Waals surface area (Å²) in [6.07, 6.45) is 2.32. The molecule has 0 bridgehead atoms. The van der Waals surface area contributed by atoms with Gasteiger partial charge in [-0.2, -0.15) is 0 Å². The molecule has 6 heteroatoms. The van der Waals surface area contributed by atoms with E-state index in [4.69, 9.17) is 11.6 Å². The number of benzene rings is 1. The first-order chi connectivity index (χ1) is 11.2. The van der Waals surface area contributed by atoms with Crippen LogP contribution in [-0.2, 0) is 0 Å². The summed E-state index contributed by atoms with van der Waals surface area (Å²) >= 11 is 6.34. The zero-order chi connectivity index (χ0) is 15.8. The van der Waals surface area contributed by atoms with Crippen LogP contribution in [0.1, 0.15) is 18.5 Å². The molecule has 0 unspecified atom stereocenters. The van der Waals surface area contributed by atoms with Crippen LogP contribution in [0.3, 0.4) is 0 Å². The van der Waals surface area contributed by atoms with Crippen LogP contribution in [0.4, 0.5) is 5.82 Å². The number of anilines is 1. The van der Waals surface area contributed by atoms with Crippen LogP contribution in [0.5, 0.6) is 0 Å². The van der Waals surface area contributed by atoms with Crippen molar-refractivity contribution in [2.45, 2.75) is 19.8 Å². The van der Waals surface area contributed by atoms with Gasteiger partial charge < -0.3 is 4.90 Å². The Morgan fingerprint density at radius 2 is 1.70 bits per heavy atom. The summed E-state index contributed by atoms with van der Waals surface area (Å²) in [7, 11) is 0. The summed E-state index contributed by atoms with van der Waals surface area (Å²) in [5, 5.41) is 0.429. The molecule has 23 heavy (non-hydrogen) atoms. The molecule has 1 saturated heterocycles. The number of nitrogens with zero attached hydrogens (tertiary/aromatic N) is 5. The number of hydrogen-bond acceptors (Lipinski definition) is 5. The Morgan fingerprint density at radius 3 is 2.43 bits per heavy atom. The predicted molar refractivity (Wildman–Crippen MR) is 91.8 cm³/mol. The highest BCUT2D eigenvalue weighted by Crippen LogP contribution is 2.28. The van der Waals surface area contributed by atoms with E-state index in [0.717, 1.165) is 43.0 Å². The number of aromatic nitrogens is 4. The molecule has 0 radical (unpaired) electrons. The summed E-state index contributed by atoms with van der Waals surface area (Å²) in [6.45, 7) is 3.85. The van der Waals surface area contributed by atoms with Crippen molar-refractivity contribution in [3.63, 3.8) is 0 Å². The Morgan fingerprint density at radius 1 is 0.957 bits per heavy atom. The molecule has 1 aliphatic heterocycles. The fourth-order valence-corrected chi connectivity index (χ4v) is 3.15. The lowest BCUT2D eigenvalue weighted by atomic mass is 10.2.